The van der Waals surface area contributed by atoms with Crippen molar-refractivity contribution in [3.05, 3.63) is 95.5 Å². The van der Waals surface area contributed by atoms with Gasteiger partial charge in [0.15, 0.2) is 18.3 Å². The third kappa shape index (κ3) is 8.43. The number of carbonyl (C=O) groups is 2. The molecule has 0 bridgehead atoms. The van der Waals surface area contributed by atoms with Crippen molar-refractivity contribution in [3.63, 3.8) is 0 Å². The van der Waals surface area contributed by atoms with Gasteiger partial charge in [-0.25, -0.2) is 9.59 Å². The first-order valence-corrected chi connectivity index (χ1v) is 14.4. The Morgan fingerprint density at radius 3 is 2.07 bits per heavy atom. The molecule has 4 rings (SSSR count). The molecule has 0 saturated carbocycles. The zero-order chi connectivity index (χ0) is 29.6. The Bertz CT molecular complexity index is 1420. The van der Waals surface area contributed by atoms with Crippen LogP contribution < -0.4 is 4.74 Å². The van der Waals surface area contributed by atoms with Gasteiger partial charge in [-0.15, -0.1) is 0 Å². The molecule has 4 atom stereocenters. The van der Waals surface area contributed by atoms with E-state index in [1.54, 1.807) is 69.3 Å². The van der Waals surface area contributed by atoms with E-state index < -0.39 is 52.4 Å². The van der Waals surface area contributed by atoms with Crippen LogP contribution in [0.15, 0.2) is 89.8 Å². The van der Waals surface area contributed by atoms with Crippen molar-refractivity contribution in [2.75, 3.05) is 6.61 Å². The second kappa shape index (κ2) is 12.9. The van der Waals surface area contributed by atoms with Gasteiger partial charge < -0.3 is 23.7 Å². The average Bonchev–Trinajstić information content (AvgIpc) is 2.92. The molecule has 0 radical (unpaired) electrons. The first-order valence-electron chi connectivity index (χ1n) is 12.6. The Hall–Kier alpha value is -3.64. The Morgan fingerprint density at radius 1 is 0.854 bits per heavy atom. The molecule has 12 heteroatoms. The van der Waals surface area contributed by atoms with Crippen LogP contribution in [0.1, 0.15) is 31.1 Å². The summed E-state index contributed by atoms with van der Waals surface area (Å²) in [4.78, 5) is 25.5. The zero-order valence-electron chi connectivity index (χ0n) is 22.5. The maximum absolute atomic E-state index is 13.4. The van der Waals surface area contributed by atoms with Crippen LogP contribution >= 0.6 is 11.6 Å². The van der Waals surface area contributed by atoms with Gasteiger partial charge in [0.2, 0.25) is 6.29 Å². The van der Waals surface area contributed by atoms with Crippen molar-refractivity contribution in [1.82, 2.24) is 0 Å². The van der Waals surface area contributed by atoms with Gasteiger partial charge in [0.25, 0.3) is 10.1 Å². The third-order valence-corrected chi connectivity index (χ3v) is 7.19. The number of halogens is 1. The number of carbonyl (C=O) groups excluding carboxylic acids is 2. The molecule has 41 heavy (non-hydrogen) atoms. The summed E-state index contributed by atoms with van der Waals surface area (Å²) in [5.41, 5.74) is -0.720. The van der Waals surface area contributed by atoms with Gasteiger partial charge in [-0.3, -0.25) is 4.18 Å². The van der Waals surface area contributed by atoms with Gasteiger partial charge in [0, 0.05) is 5.02 Å². The summed E-state index contributed by atoms with van der Waals surface area (Å²) in [6, 6.07) is 21.8. The minimum absolute atomic E-state index is 0.220. The van der Waals surface area contributed by atoms with Crippen LogP contribution in [0.5, 0.6) is 5.75 Å². The molecule has 3 aromatic rings. The van der Waals surface area contributed by atoms with Crippen LogP contribution in [0.4, 0.5) is 4.79 Å². The Kier molecular flexibility index (Phi) is 9.54. The second-order valence-electron chi connectivity index (χ2n) is 9.96. The molecule has 0 spiro atoms. The summed E-state index contributed by atoms with van der Waals surface area (Å²) in [5.74, 6) is -0.426. The van der Waals surface area contributed by atoms with E-state index in [-0.39, 0.29) is 17.1 Å². The molecule has 0 N–H and O–H groups in total. The molecule has 0 aromatic heterocycles. The predicted molar refractivity (Wildman–Crippen MR) is 147 cm³/mol. The molecule has 0 aliphatic carbocycles. The lowest BCUT2D eigenvalue weighted by Gasteiger charge is -2.40. The highest BCUT2D eigenvalue weighted by molar-refractivity contribution is 7.86. The van der Waals surface area contributed by atoms with Crippen LogP contribution in [0.2, 0.25) is 5.02 Å². The molecule has 0 unspecified atom stereocenters. The first-order chi connectivity index (χ1) is 19.4. The van der Waals surface area contributed by atoms with E-state index in [2.05, 4.69) is 0 Å². The lowest BCUT2D eigenvalue weighted by atomic mass is 10.0. The third-order valence-electron chi connectivity index (χ3n) is 5.61. The lowest BCUT2D eigenvalue weighted by Crippen LogP contribution is -2.59. The Labute approximate surface area is 243 Å². The molecule has 1 aliphatic heterocycles. The fraction of sp³-hybridized carbons (Fsp3) is 0.310. The average molecular weight is 605 g/mol. The van der Waals surface area contributed by atoms with Crippen molar-refractivity contribution < 1.29 is 45.9 Å². The van der Waals surface area contributed by atoms with Crippen LogP contribution in [0, 0.1) is 0 Å². The minimum Gasteiger partial charge on any atom is -0.462 e. The topological polar surface area (TPSA) is 124 Å². The summed E-state index contributed by atoms with van der Waals surface area (Å²) in [6.07, 6.45) is -7.00. The summed E-state index contributed by atoms with van der Waals surface area (Å²) < 4.78 is 60.6. The molecule has 218 valence electrons. The molecule has 10 nitrogen and oxygen atoms in total. The smallest absolute Gasteiger partial charge is 0.462 e. The first kappa shape index (κ1) is 30.3. The number of hydrogen-bond acceptors (Lipinski definition) is 10. The van der Waals surface area contributed by atoms with Gasteiger partial charge in [-0.1, -0.05) is 48.0 Å². The van der Waals surface area contributed by atoms with Gasteiger partial charge in [0.1, 0.15) is 11.4 Å². The molecule has 3 aromatic carbocycles. The molecule has 0 amide bonds. The van der Waals surface area contributed by atoms with E-state index in [1.165, 1.54) is 36.4 Å². The van der Waals surface area contributed by atoms with Crippen LogP contribution in [-0.4, -0.2) is 57.4 Å². The maximum atomic E-state index is 13.4. The van der Waals surface area contributed by atoms with Gasteiger partial charge in [0.05, 0.1) is 17.1 Å². The number of hydrogen-bond donors (Lipinski definition) is 0. The number of rotatable bonds is 8. The van der Waals surface area contributed by atoms with E-state index in [4.69, 9.17) is 39.5 Å². The van der Waals surface area contributed by atoms with Crippen molar-refractivity contribution in [2.45, 2.75) is 55.9 Å². The highest BCUT2D eigenvalue weighted by Crippen LogP contribution is 2.30. The summed E-state index contributed by atoms with van der Waals surface area (Å²) in [6.45, 7) is 4.58. The lowest BCUT2D eigenvalue weighted by molar-refractivity contribution is -0.237. The van der Waals surface area contributed by atoms with Gasteiger partial charge >= 0.3 is 12.1 Å². The van der Waals surface area contributed by atoms with E-state index in [9.17, 15) is 18.0 Å². The van der Waals surface area contributed by atoms with Gasteiger partial charge in [-0.2, -0.15) is 8.42 Å². The van der Waals surface area contributed by atoms with E-state index in [1.807, 2.05) is 0 Å². The molecule has 1 heterocycles. The fourth-order valence-electron chi connectivity index (χ4n) is 3.79. The summed E-state index contributed by atoms with van der Waals surface area (Å²) in [7, 11) is -4.50. The summed E-state index contributed by atoms with van der Waals surface area (Å²) >= 11 is 5.92. The minimum atomic E-state index is -4.50. The van der Waals surface area contributed by atoms with Gasteiger partial charge in [-0.05, 0) is 69.3 Å². The highest BCUT2D eigenvalue weighted by Gasteiger charge is 2.50. The zero-order valence-corrected chi connectivity index (χ0v) is 24.0. The molecular weight excluding hydrogens is 576 g/mol. The maximum Gasteiger partial charge on any atom is 0.509 e. The van der Waals surface area contributed by atoms with Crippen LogP contribution in [0.3, 0.4) is 0 Å². The molecule has 1 saturated heterocycles. The van der Waals surface area contributed by atoms with Crippen molar-refractivity contribution in [3.8, 4) is 5.75 Å². The SMILES string of the molecule is CC(C)(C)OC(=O)O[C@@H]1[C@@H](OS(=O)(=O)c2ccc(Cl)cc2)[C@H](Oc2ccccc2)OC[C@H]1OC(=O)c1ccccc1. The largest absolute Gasteiger partial charge is 0.509 e. The Morgan fingerprint density at radius 2 is 1.46 bits per heavy atom. The molecule has 1 aliphatic rings. The van der Waals surface area contributed by atoms with E-state index in [0.29, 0.717) is 10.8 Å². The highest BCUT2D eigenvalue weighted by atomic mass is 35.5. The fourth-order valence-corrected chi connectivity index (χ4v) is 4.99. The monoisotopic (exact) mass is 604 g/mol. The van der Waals surface area contributed by atoms with Crippen LogP contribution in [-0.2, 0) is 33.2 Å². The molecular formula is C29H29ClO10S. The normalized spacial score (nSPS) is 21.0. The van der Waals surface area contributed by atoms with Crippen molar-refractivity contribution >= 4 is 33.8 Å². The quantitative estimate of drug-likeness (QED) is 0.244. The number of para-hydroxylation sites is 1. The van der Waals surface area contributed by atoms with Crippen LogP contribution in [0.25, 0.3) is 0 Å². The van der Waals surface area contributed by atoms with E-state index >= 15 is 0 Å². The number of benzene rings is 3. The van der Waals surface area contributed by atoms with E-state index in [0.717, 1.165) is 0 Å². The Balaban J connectivity index is 1.70. The predicted octanol–water partition coefficient (Wildman–Crippen LogP) is 5.40. The summed E-state index contributed by atoms with van der Waals surface area (Å²) in [5, 5.41) is 0.314. The second-order valence-corrected chi connectivity index (χ2v) is 12.0. The van der Waals surface area contributed by atoms with Crippen molar-refractivity contribution in [2.24, 2.45) is 0 Å². The standard InChI is InChI=1S/C29H29ClO10S/c1-29(2,3)39-28(32)38-24-23(37-26(31)19-10-6-4-7-11-19)18-35-27(36-21-12-8-5-9-13-21)25(24)40-41(33,34)22-16-14-20(30)15-17-22/h4-17,23-25,27H,18H2,1-3H3/t23-,24+,25-,27+/m1/s1. The number of ether oxygens (including phenoxy) is 5. The molecule has 1 fully saturated rings. The van der Waals surface area contributed by atoms with Crippen molar-refractivity contribution in [1.29, 1.82) is 0 Å². The number of esters is 1.